The minimum absolute atomic E-state index is 0.0301. The lowest BCUT2D eigenvalue weighted by Crippen LogP contribution is -1.81. The Morgan fingerprint density at radius 2 is 1.69 bits per heavy atom. The van der Waals surface area contributed by atoms with Gasteiger partial charge in [-0.1, -0.05) is 12.1 Å². The van der Waals surface area contributed by atoms with Gasteiger partial charge in [0.15, 0.2) is 11.5 Å². The fourth-order valence-corrected chi connectivity index (χ4v) is 0.643. The summed E-state index contributed by atoms with van der Waals surface area (Å²) >= 11 is 0. The van der Waals surface area contributed by atoms with E-state index >= 15 is 0 Å². The zero-order valence-corrected chi connectivity index (χ0v) is 6.93. The first-order valence-electron chi connectivity index (χ1n) is 3.34. The van der Waals surface area contributed by atoms with Gasteiger partial charge in [-0.15, -0.1) is 0 Å². The number of hydrogen-bond acceptors (Lipinski definition) is 3. The SMILES string of the molecule is Cc1cccc(O)c1O.O=C(O)O. The maximum Gasteiger partial charge on any atom is 0.503 e. The lowest BCUT2D eigenvalue weighted by molar-refractivity contribution is 0.137. The third-order valence-corrected chi connectivity index (χ3v) is 1.22. The van der Waals surface area contributed by atoms with E-state index in [4.69, 9.17) is 25.2 Å². The van der Waals surface area contributed by atoms with Crippen LogP contribution in [0.1, 0.15) is 5.56 Å². The summed E-state index contributed by atoms with van der Waals surface area (Å²) in [5.41, 5.74) is 0.690. The lowest BCUT2D eigenvalue weighted by Gasteiger charge is -1.97. The van der Waals surface area contributed by atoms with Crippen LogP contribution in [-0.4, -0.2) is 26.6 Å². The molecule has 4 N–H and O–H groups in total. The Bertz CT molecular complexity index is 270. The smallest absolute Gasteiger partial charge is 0.503 e. The van der Waals surface area contributed by atoms with Gasteiger partial charge in [0.2, 0.25) is 0 Å². The maximum absolute atomic E-state index is 8.96. The monoisotopic (exact) mass is 186 g/mol. The van der Waals surface area contributed by atoms with Crippen LogP contribution in [0.15, 0.2) is 18.2 Å². The minimum Gasteiger partial charge on any atom is -0.504 e. The number of phenols is 2. The Balaban J connectivity index is 0.000000310. The quantitative estimate of drug-likeness (QED) is 0.461. The molecule has 0 spiro atoms. The van der Waals surface area contributed by atoms with Gasteiger partial charge in [0, 0.05) is 0 Å². The Kier molecular flexibility index (Phi) is 4.15. The van der Waals surface area contributed by atoms with Crippen LogP contribution < -0.4 is 0 Å². The molecule has 1 aromatic carbocycles. The molecule has 0 saturated heterocycles. The van der Waals surface area contributed by atoms with Gasteiger partial charge in [-0.25, -0.2) is 4.79 Å². The molecule has 5 nitrogen and oxygen atoms in total. The largest absolute Gasteiger partial charge is 0.504 e. The Morgan fingerprint density at radius 1 is 1.23 bits per heavy atom. The first kappa shape index (κ1) is 11.1. The van der Waals surface area contributed by atoms with Crippen LogP contribution in [0, 0.1) is 6.92 Å². The molecule has 1 aromatic rings. The van der Waals surface area contributed by atoms with Gasteiger partial charge >= 0.3 is 6.16 Å². The van der Waals surface area contributed by atoms with Crippen molar-refractivity contribution < 1.29 is 25.2 Å². The van der Waals surface area contributed by atoms with Gasteiger partial charge in [0.05, 0.1) is 0 Å². The summed E-state index contributed by atoms with van der Waals surface area (Å²) in [6.45, 7) is 1.73. The molecule has 0 heterocycles. The summed E-state index contributed by atoms with van der Waals surface area (Å²) in [5.74, 6) is -0.0903. The molecule has 0 radical (unpaired) electrons. The summed E-state index contributed by atoms with van der Waals surface area (Å²) in [4.78, 5) is 8.56. The first-order chi connectivity index (χ1) is 5.95. The van der Waals surface area contributed by atoms with Gasteiger partial charge < -0.3 is 20.4 Å². The number of carbonyl (C=O) groups is 1. The Labute approximate surface area is 74.5 Å². The number of phenolic OH excluding ortho intramolecular Hbond substituents is 2. The van der Waals surface area contributed by atoms with Crippen molar-refractivity contribution in [3.63, 3.8) is 0 Å². The van der Waals surface area contributed by atoms with E-state index in [0.29, 0.717) is 5.56 Å². The summed E-state index contributed by atoms with van der Waals surface area (Å²) in [6.07, 6.45) is -1.83. The number of aromatic hydroxyl groups is 2. The van der Waals surface area contributed by atoms with Gasteiger partial charge in [0.25, 0.3) is 0 Å². The van der Waals surface area contributed by atoms with E-state index in [9.17, 15) is 0 Å². The number of hydrogen-bond donors (Lipinski definition) is 4. The highest BCUT2D eigenvalue weighted by molar-refractivity contribution is 5.53. The molecule has 0 aromatic heterocycles. The van der Waals surface area contributed by atoms with Crippen LogP contribution in [0.2, 0.25) is 0 Å². The third-order valence-electron chi connectivity index (χ3n) is 1.22. The van der Waals surface area contributed by atoms with E-state index in [1.807, 2.05) is 0 Å². The summed E-state index contributed by atoms with van der Waals surface area (Å²) in [7, 11) is 0. The van der Waals surface area contributed by atoms with Crippen LogP contribution in [0.5, 0.6) is 11.5 Å². The van der Waals surface area contributed by atoms with E-state index in [0.717, 1.165) is 0 Å². The first-order valence-corrected chi connectivity index (χ1v) is 3.34. The molecule has 0 bridgehead atoms. The standard InChI is InChI=1S/C7H8O2.CH2O3/c1-5-3-2-4-6(8)7(5)9;2-1(3)4/h2-4,8-9H,1H3;(H2,2,3,4). The van der Waals surface area contributed by atoms with Crippen molar-refractivity contribution in [3.8, 4) is 11.5 Å². The summed E-state index contributed by atoms with van der Waals surface area (Å²) in [6, 6.07) is 4.86. The lowest BCUT2D eigenvalue weighted by atomic mass is 10.2. The van der Waals surface area contributed by atoms with Crippen LogP contribution >= 0.6 is 0 Å². The maximum atomic E-state index is 8.96. The second kappa shape index (κ2) is 4.87. The summed E-state index contributed by atoms with van der Waals surface area (Å²) in [5, 5.41) is 31.8. The predicted octanol–water partition coefficient (Wildman–Crippen LogP) is 1.63. The van der Waals surface area contributed by atoms with E-state index < -0.39 is 6.16 Å². The van der Waals surface area contributed by atoms with Crippen molar-refractivity contribution in [1.29, 1.82) is 0 Å². The van der Waals surface area contributed by atoms with Crippen LogP contribution in [0.25, 0.3) is 0 Å². The average molecular weight is 186 g/mol. The fourth-order valence-electron chi connectivity index (χ4n) is 0.643. The Hall–Kier alpha value is -1.91. The zero-order chi connectivity index (χ0) is 10.4. The zero-order valence-electron chi connectivity index (χ0n) is 6.93. The van der Waals surface area contributed by atoms with Crippen LogP contribution in [0.4, 0.5) is 4.79 Å². The highest BCUT2D eigenvalue weighted by atomic mass is 16.6. The highest BCUT2D eigenvalue weighted by Crippen LogP contribution is 2.26. The molecule has 0 unspecified atom stereocenters. The molecule has 0 amide bonds. The van der Waals surface area contributed by atoms with Crippen molar-refractivity contribution in [2.24, 2.45) is 0 Å². The van der Waals surface area contributed by atoms with Gasteiger partial charge in [-0.05, 0) is 18.6 Å². The van der Waals surface area contributed by atoms with Crippen molar-refractivity contribution >= 4 is 6.16 Å². The number of aryl methyl sites for hydroxylation is 1. The molecule has 1 rings (SSSR count). The van der Waals surface area contributed by atoms with Gasteiger partial charge in [0.1, 0.15) is 0 Å². The number of rotatable bonds is 0. The van der Waals surface area contributed by atoms with Crippen LogP contribution in [-0.2, 0) is 0 Å². The van der Waals surface area contributed by atoms with Crippen LogP contribution in [0.3, 0.4) is 0 Å². The number of benzene rings is 1. The second-order valence-corrected chi connectivity index (χ2v) is 2.23. The van der Waals surface area contributed by atoms with Crippen molar-refractivity contribution in [3.05, 3.63) is 23.8 Å². The van der Waals surface area contributed by atoms with Crippen molar-refractivity contribution in [2.45, 2.75) is 6.92 Å². The molecule has 0 fully saturated rings. The molecular weight excluding hydrogens is 176 g/mol. The normalized spacial score (nSPS) is 8.38. The van der Waals surface area contributed by atoms with Gasteiger partial charge in [-0.2, -0.15) is 0 Å². The van der Waals surface area contributed by atoms with Crippen molar-refractivity contribution in [1.82, 2.24) is 0 Å². The van der Waals surface area contributed by atoms with E-state index in [1.165, 1.54) is 6.07 Å². The topological polar surface area (TPSA) is 98.0 Å². The molecule has 0 aliphatic heterocycles. The van der Waals surface area contributed by atoms with E-state index in [1.54, 1.807) is 19.1 Å². The molecule has 13 heavy (non-hydrogen) atoms. The van der Waals surface area contributed by atoms with Crippen molar-refractivity contribution in [2.75, 3.05) is 0 Å². The van der Waals surface area contributed by atoms with E-state index in [-0.39, 0.29) is 11.5 Å². The molecule has 72 valence electrons. The fraction of sp³-hybridized carbons (Fsp3) is 0.125. The number of carboxylic acid groups (broad SMARTS) is 2. The molecule has 0 aliphatic carbocycles. The predicted molar refractivity (Wildman–Crippen MR) is 45.2 cm³/mol. The summed E-state index contributed by atoms with van der Waals surface area (Å²) < 4.78 is 0. The molecule has 0 saturated carbocycles. The Morgan fingerprint density at radius 3 is 2.00 bits per heavy atom. The minimum atomic E-state index is -1.83. The second-order valence-electron chi connectivity index (χ2n) is 2.23. The molecular formula is C8H10O5. The number of para-hydroxylation sites is 1. The highest BCUT2D eigenvalue weighted by Gasteiger charge is 1.98. The average Bonchev–Trinajstić information content (AvgIpc) is 1.99. The third kappa shape index (κ3) is 4.52. The molecule has 0 aliphatic rings. The molecule has 0 atom stereocenters. The molecule has 5 heteroatoms. The van der Waals surface area contributed by atoms with E-state index in [2.05, 4.69) is 0 Å². The van der Waals surface area contributed by atoms with Gasteiger partial charge in [-0.3, -0.25) is 0 Å².